The second kappa shape index (κ2) is 9.18. The predicted octanol–water partition coefficient (Wildman–Crippen LogP) is 6.70. The van der Waals surface area contributed by atoms with E-state index >= 15 is 0 Å². The molecule has 168 valence electrons. The van der Waals surface area contributed by atoms with E-state index in [9.17, 15) is 4.79 Å². The molecule has 5 nitrogen and oxygen atoms in total. The summed E-state index contributed by atoms with van der Waals surface area (Å²) in [6.07, 6.45) is 0.801. The summed E-state index contributed by atoms with van der Waals surface area (Å²) in [4.78, 5) is 24.7. The zero-order valence-corrected chi connectivity index (χ0v) is 21.4. The molecule has 0 fully saturated rings. The SMILES string of the molecule is CC1(C)Cc2c(sc3nc(-c4ccccc4)nc(SCC(=O)Nc4ccc(Br)cc4)c23)CO1. The largest absolute Gasteiger partial charge is 0.370 e. The van der Waals surface area contributed by atoms with Crippen LogP contribution in [0.5, 0.6) is 0 Å². The molecule has 0 saturated heterocycles. The highest BCUT2D eigenvalue weighted by Gasteiger charge is 2.31. The van der Waals surface area contributed by atoms with Gasteiger partial charge < -0.3 is 10.1 Å². The molecule has 1 N–H and O–H groups in total. The molecular formula is C25H22BrN3O2S2. The monoisotopic (exact) mass is 539 g/mol. The number of nitrogens with zero attached hydrogens (tertiary/aromatic N) is 2. The minimum atomic E-state index is -0.236. The molecule has 33 heavy (non-hydrogen) atoms. The number of hydrogen-bond acceptors (Lipinski definition) is 6. The topological polar surface area (TPSA) is 64.1 Å². The number of fused-ring (bicyclic) bond motifs is 3. The van der Waals surface area contributed by atoms with Crippen molar-refractivity contribution < 1.29 is 9.53 Å². The van der Waals surface area contributed by atoms with Crippen molar-refractivity contribution in [1.82, 2.24) is 9.97 Å². The first-order valence-corrected chi connectivity index (χ1v) is 13.2. The maximum Gasteiger partial charge on any atom is 0.234 e. The van der Waals surface area contributed by atoms with E-state index in [4.69, 9.17) is 14.7 Å². The van der Waals surface area contributed by atoms with Gasteiger partial charge in [0.1, 0.15) is 9.86 Å². The van der Waals surface area contributed by atoms with E-state index in [1.165, 1.54) is 22.2 Å². The maximum absolute atomic E-state index is 12.7. The van der Waals surface area contributed by atoms with Gasteiger partial charge in [-0.1, -0.05) is 58.0 Å². The van der Waals surface area contributed by atoms with Crippen molar-refractivity contribution in [1.29, 1.82) is 0 Å². The Morgan fingerprint density at radius 2 is 1.91 bits per heavy atom. The molecule has 1 amide bonds. The molecule has 3 heterocycles. The number of ether oxygens (including phenoxy) is 1. The third kappa shape index (κ3) is 4.99. The Bertz CT molecular complexity index is 1320. The predicted molar refractivity (Wildman–Crippen MR) is 139 cm³/mol. The van der Waals surface area contributed by atoms with Crippen LogP contribution >= 0.6 is 39.0 Å². The number of carbonyl (C=O) groups excluding carboxylic acids is 1. The van der Waals surface area contributed by atoms with E-state index in [0.29, 0.717) is 12.4 Å². The number of amides is 1. The average Bonchev–Trinajstić information content (AvgIpc) is 3.16. The lowest BCUT2D eigenvalue weighted by atomic mass is 9.94. The molecule has 4 aromatic rings. The van der Waals surface area contributed by atoms with Crippen LogP contribution in [0.25, 0.3) is 21.6 Å². The molecule has 0 saturated carbocycles. The lowest BCUT2D eigenvalue weighted by Gasteiger charge is -2.30. The quantitative estimate of drug-likeness (QED) is 0.225. The van der Waals surface area contributed by atoms with Crippen LogP contribution in [-0.2, 0) is 22.6 Å². The van der Waals surface area contributed by atoms with E-state index < -0.39 is 0 Å². The first-order chi connectivity index (χ1) is 15.9. The van der Waals surface area contributed by atoms with Gasteiger partial charge in [-0.15, -0.1) is 11.3 Å². The third-order valence-corrected chi connectivity index (χ3v) is 8.00. The Hall–Kier alpha value is -2.26. The molecule has 0 unspecified atom stereocenters. The third-order valence-electron chi connectivity index (χ3n) is 5.40. The number of anilines is 1. The van der Waals surface area contributed by atoms with Crippen LogP contribution in [0.2, 0.25) is 0 Å². The fourth-order valence-corrected chi connectivity index (χ4v) is 6.08. The average molecular weight is 541 g/mol. The number of thioether (sulfide) groups is 1. The number of rotatable bonds is 5. The van der Waals surface area contributed by atoms with E-state index in [1.54, 1.807) is 11.3 Å². The first kappa shape index (κ1) is 22.5. The lowest BCUT2D eigenvalue weighted by molar-refractivity contribution is -0.113. The van der Waals surface area contributed by atoms with Gasteiger partial charge in [0.25, 0.3) is 0 Å². The Balaban J connectivity index is 1.49. The Morgan fingerprint density at radius 1 is 1.15 bits per heavy atom. The molecule has 0 atom stereocenters. The van der Waals surface area contributed by atoms with Crippen molar-refractivity contribution >= 4 is 60.8 Å². The van der Waals surface area contributed by atoms with Crippen LogP contribution in [0.1, 0.15) is 24.3 Å². The van der Waals surface area contributed by atoms with E-state index in [-0.39, 0.29) is 17.3 Å². The van der Waals surface area contributed by atoms with Gasteiger partial charge in [-0.3, -0.25) is 4.79 Å². The molecule has 8 heteroatoms. The Labute approximate surface area is 209 Å². The molecule has 0 aliphatic carbocycles. The smallest absolute Gasteiger partial charge is 0.234 e. The summed E-state index contributed by atoms with van der Waals surface area (Å²) in [5, 5.41) is 4.87. The molecule has 1 aliphatic rings. The summed E-state index contributed by atoms with van der Waals surface area (Å²) in [6, 6.07) is 17.5. The van der Waals surface area contributed by atoms with Gasteiger partial charge in [-0.25, -0.2) is 9.97 Å². The maximum atomic E-state index is 12.7. The van der Waals surface area contributed by atoms with Gasteiger partial charge in [0, 0.05) is 32.4 Å². The van der Waals surface area contributed by atoms with Crippen LogP contribution in [0.4, 0.5) is 5.69 Å². The summed E-state index contributed by atoms with van der Waals surface area (Å²) in [5.74, 6) is 0.877. The molecule has 2 aromatic heterocycles. The van der Waals surface area contributed by atoms with Crippen LogP contribution in [0.15, 0.2) is 64.1 Å². The molecule has 5 rings (SSSR count). The van der Waals surface area contributed by atoms with Crippen molar-refractivity contribution in [3.05, 3.63) is 69.5 Å². The van der Waals surface area contributed by atoms with Crippen molar-refractivity contribution in [2.75, 3.05) is 11.1 Å². The second-order valence-electron chi connectivity index (χ2n) is 8.47. The summed E-state index contributed by atoms with van der Waals surface area (Å²) < 4.78 is 7.01. The highest BCUT2D eigenvalue weighted by Crippen LogP contribution is 2.42. The van der Waals surface area contributed by atoms with Gasteiger partial charge in [-0.2, -0.15) is 0 Å². The molecular weight excluding hydrogens is 518 g/mol. The van der Waals surface area contributed by atoms with Gasteiger partial charge >= 0.3 is 0 Å². The molecule has 1 aliphatic heterocycles. The number of thiophene rings is 1. The van der Waals surface area contributed by atoms with Crippen LogP contribution < -0.4 is 5.32 Å². The summed E-state index contributed by atoms with van der Waals surface area (Å²) in [7, 11) is 0. The van der Waals surface area contributed by atoms with E-state index in [2.05, 4.69) is 35.1 Å². The first-order valence-electron chi connectivity index (χ1n) is 10.6. The minimum Gasteiger partial charge on any atom is -0.370 e. The zero-order valence-electron chi connectivity index (χ0n) is 18.2. The Morgan fingerprint density at radius 3 is 2.67 bits per heavy atom. The molecule has 0 spiro atoms. The molecule has 2 aromatic carbocycles. The van der Waals surface area contributed by atoms with E-state index in [0.717, 1.165) is 37.4 Å². The standard InChI is InChI=1S/C25H22BrN3O2S2/c1-25(2)12-18-19(13-31-25)33-24-21(18)23(28-22(29-24)15-6-4-3-5-7-15)32-14-20(30)27-17-10-8-16(26)9-11-17/h3-11H,12-14H2,1-2H3,(H,27,30). The van der Waals surface area contributed by atoms with Crippen LogP contribution in [0, 0.1) is 0 Å². The van der Waals surface area contributed by atoms with Gasteiger partial charge in [0.05, 0.1) is 18.0 Å². The number of hydrogen-bond donors (Lipinski definition) is 1. The second-order valence-corrected chi connectivity index (χ2v) is 11.4. The molecule has 0 bridgehead atoms. The number of carbonyl (C=O) groups is 1. The summed E-state index contributed by atoms with van der Waals surface area (Å²) in [5.41, 5.74) is 2.75. The number of halogens is 1. The minimum absolute atomic E-state index is 0.0666. The highest BCUT2D eigenvalue weighted by atomic mass is 79.9. The van der Waals surface area contributed by atoms with E-state index in [1.807, 2.05) is 54.6 Å². The lowest BCUT2D eigenvalue weighted by Crippen LogP contribution is -2.31. The van der Waals surface area contributed by atoms with Crippen molar-refractivity contribution in [2.45, 2.75) is 37.5 Å². The molecule has 0 radical (unpaired) electrons. The van der Waals surface area contributed by atoms with Gasteiger partial charge in [-0.05, 0) is 43.7 Å². The van der Waals surface area contributed by atoms with Gasteiger partial charge in [0.15, 0.2) is 5.82 Å². The normalized spacial score (nSPS) is 14.8. The van der Waals surface area contributed by atoms with Crippen LogP contribution in [-0.4, -0.2) is 27.2 Å². The highest BCUT2D eigenvalue weighted by molar-refractivity contribution is 9.10. The summed E-state index contributed by atoms with van der Waals surface area (Å²) >= 11 is 6.54. The van der Waals surface area contributed by atoms with Crippen molar-refractivity contribution in [2.24, 2.45) is 0 Å². The van der Waals surface area contributed by atoms with Crippen molar-refractivity contribution in [3.63, 3.8) is 0 Å². The van der Waals surface area contributed by atoms with Crippen LogP contribution in [0.3, 0.4) is 0 Å². The summed E-state index contributed by atoms with van der Waals surface area (Å²) in [6.45, 7) is 4.80. The fourth-order valence-electron chi connectivity index (χ4n) is 3.80. The van der Waals surface area contributed by atoms with Crippen molar-refractivity contribution in [3.8, 4) is 11.4 Å². The van der Waals surface area contributed by atoms with Gasteiger partial charge in [0.2, 0.25) is 5.91 Å². The number of nitrogens with one attached hydrogen (secondary N) is 1. The number of aromatic nitrogens is 2. The Kier molecular flexibility index (Phi) is 6.26. The number of benzene rings is 2. The zero-order chi connectivity index (χ0) is 23.0. The fraction of sp³-hybridized carbons (Fsp3) is 0.240.